The Balaban J connectivity index is 2.23. The van der Waals surface area contributed by atoms with E-state index in [1.54, 1.807) is 0 Å². The molecule has 0 bridgehead atoms. The van der Waals surface area contributed by atoms with E-state index in [-0.39, 0.29) is 16.6 Å². The van der Waals surface area contributed by atoms with E-state index in [9.17, 15) is 4.79 Å². The normalized spacial score (nSPS) is 24.8. The Labute approximate surface area is 127 Å². The highest BCUT2D eigenvalue weighted by Crippen LogP contribution is 2.49. The van der Waals surface area contributed by atoms with Crippen molar-refractivity contribution in [3.8, 4) is 5.75 Å². The van der Waals surface area contributed by atoms with Crippen LogP contribution in [-0.2, 0) is 10.8 Å². The van der Waals surface area contributed by atoms with E-state index in [4.69, 9.17) is 4.74 Å². The number of Topliss-reactive ketones (excluding diaryl/α,β-unsaturated/α-hetero) is 1. The molecule has 1 aromatic rings. The van der Waals surface area contributed by atoms with Crippen molar-refractivity contribution in [1.82, 2.24) is 0 Å². The van der Waals surface area contributed by atoms with Crippen LogP contribution in [0.2, 0.25) is 0 Å². The molecular weight excluding hydrogens is 260 g/mol. The standard InChI is InChI=1S/C19H26O2/c1-17(2)7-8-18(3,4)14-10-16-12(9-13(14)17)15(20)11-19(5,6)21-16/h9-10H,7-8,11H2,1-6H3. The molecule has 2 aliphatic rings. The molecule has 0 spiro atoms. The maximum atomic E-state index is 12.5. The second-order valence-electron chi connectivity index (χ2n) is 8.62. The first-order chi connectivity index (χ1) is 9.52. The molecule has 0 saturated carbocycles. The van der Waals surface area contributed by atoms with Gasteiger partial charge in [0, 0.05) is 0 Å². The Morgan fingerprint density at radius 1 is 0.905 bits per heavy atom. The minimum absolute atomic E-state index is 0.132. The minimum atomic E-state index is -0.396. The number of hydrogen-bond donors (Lipinski definition) is 0. The Morgan fingerprint density at radius 2 is 1.43 bits per heavy atom. The summed E-state index contributed by atoms with van der Waals surface area (Å²) in [4.78, 5) is 12.5. The number of hydrogen-bond acceptors (Lipinski definition) is 2. The van der Waals surface area contributed by atoms with Gasteiger partial charge in [-0.1, -0.05) is 27.7 Å². The Hall–Kier alpha value is -1.31. The summed E-state index contributed by atoms with van der Waals surface area (Å²) in [6.07, 6.45) is 2.79. The van der Waals surface area contributed by atoms with Gasteiger partial charge in [0.25, 0.3) is 0 Å². The third-order valence-electron chi connectivity index (χ3n) is 5.23. The Kier molecular flexibility index (Phi) is 2.87. The monoisotopic (exact) mass is 286 g/mol. The molecule has 0 radical (unpaired) electrons. The van der Waals surface area contributed by atoms with Crippen molar-refractivity contribution >= 4 is 5.78 Å². The fourth-order valence-electron chi connectivity index (χ4n) is 3.71. The van der Waals surface area contributed by atoms with Crippen LogP contribution in [-0.4, -0.2) is 11.4 Å². The van der Waals surface area contributed by atoms with Crippen molar-refractivity contribution in [3.05, 3.63) is 28.8 Å². The van der Waals surface area contributed by atoms with Gasteiger partial charge in [-0.05, 0) is 60.8 Å². The van der Waals surface area contributed by atoms with E-state index in [0.717, 1.165) is 17.7 Å². The molecule has 0 unspecified atom stereocenters. The highest BCUT2D eigenvalue weighted by atomic mass is 16.5. The van der Waals surface area contributed by atoms with E-state index in [1.807, 2.05) is 13.8 Å². The van der Waals surface area contributed by atoms with Gasteiger partial charge in [-0.2, -0.15) is 0 Å². The van der Waals surface area contributed by atoms with Crippen LogP contribution in [0.5, 0.6) is 5.75 Å². The van der Waals surface area contributed by atoms with E-state index in [0.29, 0.717) is 6.42 Å². The van der Waals surface area contributed by atoms with Crippen LogP contribution in [0.1, 0.15) is 82.3 Å². The Morgan fingerprint density at radius 3 is 2.00 bits per heavy atom. The molecule has 1 aliphatic carbocycles. The quantitative estimate of drug-likeness (QED) is 0.686. The molecule has 0 fully saturated rings. The molecule has 0 N–H and O–H groups in total. The Bertz CT molecular complexity index is 621. The second kappa shape index (κ2) is 4.12. The van der Waals surface area contributed by atoms with E-state index in [1.165, 1.54) is 17.5 Å². The smallest absolute Gasteiger partial charge is 0.170 e. The van der Waals surface area contributed by atoms with Crippen molar-refractivity contribution in [3.63, 3.8) is 0 Å². The first-order valence-electron chi connectivity index (χ1n) is 7.93. The number of benzene rings is 1. The largest absolute Gasteiger partial charge is 0.487 e. The summed E-state index contributed by atoms with van der Waals surface area (Å²) in [5.41, 5.74) is 3.34. The maximum absolute atomic E-state index is 12.5. The van der Waals surface area contributed by atoms with Gasteiger partial charge < -0.3 is 4.74 Å². The first-order valence-corrected chi connectivity index (χ1v) is 7.93. The molecule has 1 aromatic carbocycles. The lowest BCUT2D eigenvalue weighted by Crippen LogP contribution is -2.38. The van der Waals surface area contributed by atoms with Crippen molar-refractivity contribution in [2.75, 3.05) is 0 Å². The SMILES string of the molecule is CC1(C)CC(=O)c2cc3c(cc2O1)C(C)(C)CCC3(C)C. The molecule has 3 rings (SSSR count). The fourth-order valence-corrected chi connectivity index (χ4v) is 3.71. The van der Waals surface area contributed by atoms with Crippen LogP contribution in [0.3, 0.4) is 0 Å². The highest BCUT2D eigenvalue weighted by molar-refractivity contribution is 6.00. The topological polar surface area (TPSA) is 26.3 Å². The molecule has 0 saturated heterocycles. The first kappa shape index (κ1) is 14.6. The van der Waals surface area contributed by atoms with Gasteiger partial charge in [-0.3, -0.25) is 4.79 Å². The predicted molar refractivity (Wildman–Crippen MR) is 85.4 cm³/mol. The predicted octanol–water partition coefficient (Wildman–Crippen LogP) is 4.78. The molecule has 0 aromatic heterocycles. The summed E-state index contributed by atoms with van der Waals surface area (Å²) in [6, 6.07) is 4.26. The lowest BCUT2D eigenvalue weighted by atomic mass is 9.62. The van der Waals surface area contributed by atoms with Crippen molar-refractivity contribution < 1.29 is 9.53 Å². The summed E-state index contributed by atoms with van der Waals surface area (Å²) in [5.74, 6) is 0.990. The van der Waals surface area contributed by atoms with E-state index in [2.05, 4.69) is 39.8 Å². The van der Waals surface area contributed by atoms with Crippen LogP contribution in [0.25, 0.3) is 0 Å². The van der Waals surface area contributed by atoms with Crippen molar-refractivity contribution in [2.24, 2.45) is 0 Å². The van der Waals surface area contributed by atoms with Crippen LogP contribution < -0.4 is 4.74 Å². The molecule has 1 heterocycles. The average molecular weight is 286 g/mol. The van der Waals surface area contributed by atoms with Gasteiger partial charge in [0.2, 0.25) is 0 Å². The third-order valence-corrected chi connectivity index (χ3v) is 5.23. The molecule has 114 valence electrons. The number of carbonyl (C=O) groups excluding carboxylic acids is 1. The average Bonchev–Trinajstić information content (AvgIpc) is 2.32. The number of ether oxygens (including phenoxy) is 1. The zero-order valence-electron chi connectivity index (χ0n) is 14.1. The molecule has 21 heavy (non-hydrogen) atoms. The molecule has 0 atom stereocenters. The third kappa shape index (κ3) is 2.29. The summed E-state index contributed by atoms with van der Waals surface area (Å²) in [6.45, 7) is 13.1. The molecular formula is C19H26O2. The molecule has 0 amide bonds. The van der Waals surface area contributed by atoms with Gasteiger partial charge in [-0.15, -0.1) is 0 Å². The summed E-state index contributed by atoms with van der Waals surface area (Å²) in [5, 5.41) is 0. The number of ketones is 1. The summed E-state index contributed by atoms with van der Waals surface area (Å²) >= 11 is 0. The van der Waals surface area contributed by atoms with Gasteiger partial charge in [0.15, 0.2) is 5.78 Å². The molecule has 1 aliphatic heterocycles. The zero-order chi connectivity index (χ0) is 15.6. The van der Waals surface area contributed by atoms with E-state index < -0.39 is 5.60 Å². The summed E-state index contributed by atoms with van der Waals surface area (Å²) in [7, 11) is 0. The van der Waals surface area contributed by atoms with Gasteiger partial charge >= 0.3 is 0 Å². The number of carbonyl (C=O) groups is 1. The van der Waals surface area contributed by atoms with Crippen LogP contribution in [0, 0.1) is 0 Å². The van der Waals surface area contributed by atoms with Gasteiger partial charge in [0.1, 0.15) is 11.4 Å². The lowest BCUT2D eigenvalue weighted by Gasteiger charge is -2.43. The molecule has 2 nitrogen and oxygen atoms in total. The van der Waals surface area contributed by atoms with Crippen LogP contribution in [0.4, 0.5) is 0 Å². The fraction of sp³-hybridized carbons (Fsp3) is 0.632. The number of fused-ring (bicyclic) bond motifs is 2. The number of rotatable bonds is 0. The maximum Gasteiger partial charge on any atom is 0.170 e. The van der Waals surface area contributed by atoms with Crippen molar-refractivity contribution in [2.45, 2.75) is 77.2 Å². The van der Waals surface area contributed by atoms with Gasteiger partial charge in [0.05, 0.1) is 12.0 Å². The zero-order valence-corrected chi connectivity index (χ0v) is 14.1. The second-order valence-corrected chi connectivity index (χ2v) is 8.62. The lowest BCUT2D eigenvalue weighted by molar-refractivity contribution is 0.0617. The van der Waals surface area contributed by atoms with Crippen molar-refractivity contribution in [1.29, 1.82) is 0 Å². The highest BCUT2D eigenvalue weighted by Gasteiger charge is 2.40. The van der Waals surface area contributed by atoms with Crippen LogP contribution >= 0.6 is 0 Å². The summed E-state index contributed by atoms with van der Waals surface area (Å²) < 4.78 is 6.10. The molecule has 2 heteroatoms. The minimum Gasteiger partial charge on any atom is -0.487 e. The van der Waals surface area contributed by atoms with Crippen LogP contribution in [0.15, 0.2) is 12.1 Å². The van der Waals surface area contributed by atoms with Gasteiger partial charge in [-0.25, -0.2) is 0 Å². The van der Waals surface area contributed by atoms with E-state index >= 15 is 0 Å².